The van der Waals surface area contributed by atoms with Gasteiger partial charge in [0.15, 0.2) is 0 Å². The molecule has 138 valence electrons. The maximum atomic E-state index is 12.9. The second kappa shape index (κ2) is 9.15. The Balaban J connectivity index is 0.00000288. The number of piperidine rings is 1. The van der Waals surface area contributed by atoms with Gasteiger partial charge in [-0.1, -0.05) is 26.0 Å². The summed E-state index contributed by atoms with van der Waals surface area (Å²) in [6, 6.07) is 7.04. The first-order valence-corrected chi connectivity index (χ1v) is 9.66. The summed E-state index contributed by atoms with van der Waals surface area (Å²) in [5, 5.41) is 0. The van der Waals surface area contributed by atoms with Crippen LogP contribution in [-0.4, -0.2) is 45.1 Å². The molecule has 1 aliphatic heterocycles. The van der Waals surface area contributed by atoms with Gasteiger partial charge in [0.25, 0.3) is 0 Å². The minimum absolute atomic E-state index is 0. The molecule has 2 N–H and O–H groups in total. The summed E-state index contributed by atoms with van der Waals surface area (Å²) in [4.78, 5) is 0.347. The van der Waals surface area contributed by atoms with E-state index in [0.717, 1.165) is 12.0 Å². The van der Waals surface area contributed by atoms with Crippen LogP contribution in [0.3, 0.4) is 0 Å². The fourth-order valence-electron chi connectivity index (χ4n) is 3.14. The predicted molar refractivity (Wildman–Crippen MR) is 99.0 cm³/mol. The third-order valence-corrected chi connectivity index (χ3v) is 6.36. The molecule has 1 aromatic rings. The molecule has 0 bridgehead atoms. The average Bonchev–Trinajstić information content (AvgIpc) is 2.54. The van der Waals surface area contributed by atoms with Crippen LogP contribution in [-0.2, 0) is 21.2 Å². The molecule has 0 spiro atoms. The minimum atomic E-state index is -3.50. The molecule has 0 aliphatic carbocycles. The smallest absolute Gasteiger partial charge is 0.243 e. The normalized spacial score (nSPS) is 22.4. The van der Waals surface area contributed by atoms with Gasteiger partial charge in [-0.3, -0.25) is 0 Å². The van der Waals surface area contributed by atoms with E-state index in [-0.39, 0.29) is 24.6 Å². The van der Waals surface area contributed by atoms with E-state index in [4.69, 9.17) is 10.5 Å². The van der Waals surface area contributed by atoms with Crippen molar-refractivity contribution in [3.05, 3.63) is 29.8 Å². The first kappa shape index (κ1) is 21.4. The largest absolute Gasteiger partial charge is 0.381 e. The van der Waals surface area contributed by atoms with E-state index in [0.29, 0.717) is 36.7 Å². The SMILES string of the molecule is COC1CCN(S(=O)(=O)c2ccc(CC(C)C)cc2)C(CN)C1.Cl. The lowest BCUT2D eigenvalue weighted by molar-refractivity contribution is 0.0401. The topological polar surface area (TPSA) is 72.6 Å². The first-order chi connectivity index (χ1) is 10.9. The van der Waals surface area contributed by atoms with Gasteiger partial charge >= 0.3 is 0 Å². The van der Waals surface area contributed by atoms with Crippen LogP contribution in [0.15, 0.2) is 29.2 Å². The van der Waals surface area contributed by atoms with Crippen LogP contribution in [0, 0.1) is 5.92 Å². The van der Waals surface area contributed by atoms with Gasteiger partial charge in [-0.05, 0) is 42.9 Å². The molecule has 2 unspecified atom stereocenters. The number of methoxy groups -OCH3 is 1. The zero-order valence-electron chi connectivity index (χ0n) is 14.6. The van der Waals surface area contributed by atoms with Crippen LogP contribution in [0.1, 0.15) is 32.3 Å². The lowest BCUT2D eigenvalue weighted by Crippen LogP contribution is -2.51. The molecule has 24 heavy (non-hydrogen) atoms. The number of benzene rings is 1. The van der Waals surface area contributed by atoms with E-state index in [2.05, 4.69) is 13.8 Å². The van der Waals surface area contributed by atoms with E-state index in [1.807, 2.05) is 12.1 Å². The van der Waals surface area contributed by atoms with Gasteiger partial charge in [0, 0.05) is 26.2 Å². The summed E-state index contributed by atoms with van der Waals surface area (Å²) in [6.07, 6.45) is 2.39. The molecule has 2 rings (SSSR count). The molecule has 0 saturated carbocycles. The van der Waals surface area contributed by atoms with Crippen LogP contribution in [0.2, 0.25) is 0 Å². The average molecular weight is 377 g/mol. The number of sulfonamides is 1. The molecular formula is C17H29ClN2O3S. The van der Waals surface area contributed by atoms with Gasteiger partial charge < -0.3 is 10.5 Å². The van der Waals surface area contributed by atoms with Gasteiger partial charge in [0.05, 0.1) is 11.0 Å². The second-order valence-electron chi connectivity index (χ2n) is 6.63. The van der Waals surface area contributed by atoms with Crippen LogP contribution in [0.25, 0.3) is 0 Å². The van der Waals surface area contributed by atoms with Gasteiger partial charge in [-0.25, -0.2) is 8.42 Å². The Morgan fingerprint density at radius 3 is 2.42 bits per heavy atom. The molecule has 0 amide bonds. The van der Waals surface area contributed by atoms with Crippen molar-refractivity contribution in [3.63, 3.8) is 0 Å². The van der Waals surface area contributed by atoms with E-state index in [1.165, 1.54) is 0 Å². The summed E-state index contributed by atoms with van der Waals surface area (Å²) >= 11 is 0. The van der Waals surface area contributed by atoms with Gasteiger partial charge in [0.1, 0.15) is 0 Å². The zero-order valence-corrected chi connectivity index (χ0v) is 16.3. The van der Waals surface area contributed by atoms with Crippen molar-refractivity contribution in [2.45, 2.75) is 50.2 Å². The molecule has 0 aromatic heterocycles. The lowest BCUT2D eigenvalue weighted by Gasteiger charge is -2.37. The summed E-state index contributed by atoms with van der Waals surface area (Å²) in [6.45, 7) is 5.06. The highest BCUT2D eigenvalue weighted by atomic mass is 35.5. The van der Waals surface area contributed by atoms with E-state index in [9.17, 15) is 8.42 Å². The Labute approximate surface area is 152 Å². The summed E-state index contributed by atoms with van der Waals surface area (Å²) in [7, 11) is -1.84. The van der Waals surface area contributed by atoms with Crippen molar-refractivity contribution >= 4 is 22.4 Å². The number of halogens is 1. The molecule has 1 fully saturated rings. The molecule has 1 aromatic carbocycles. The van der Waals surface area contributed by atoms with Gasteiger partial charge in [0.2, 0.25) is 10.0 Å². The number of hydrogen-bond donors (Lipinski definition) is 1. The van der Waals surface area contributed by atoms with Crippen LogP contribution in [0.5, 0.6) is 0 Å². The highest BCUT2D eigenvalue weighted by Gasteiger charge is 2.36. The standard InChI is InChI=1S/C17H28N2O3S.ClH/c1-13(2)10-14-4-6-17(7-5-14)23(20,21)19-9-8-16(22-3)11-15(19)12-18;/h4-7,13,15-16H,8-12,18H2,1-3H3;1H. The van der Waals surface area contributed by atoms with Crippen molar-refractivity contribution in [3.8, 4) is 0 Å². The maximum Gasteiger partial charge on any atom is 0.243 e. The Bertz CT molecular complexity index is 605. The van der Waals surface area contributed by atoms with Gasteiger partial charge in [-0.2, -0.15) is 4.31 Å². The number of nitrogens with two attached hydrogens (primary N) is 1. The lowest BCUT2D eigenvalue weighted by atomic mass is 10.0. The predicted octanol–water partition coefficient (Wildman–Crippen LogP) is 2.43. The van der Waals surface area contributed by atoms with Crippen molar-refractivity contribution in [2.75, 3.05) is 20.2 Å². The third kappa shape index (κ3) is 4.92. The van der Waals surface area contributed by atoms with Crippen molar-refractivity contribution in [1.29, 1.82) is 0 Å². The molecule has 7 heteroatoms. The number of rotatable bonds is 6. The first-order valence-electron chi connectivity index (χ1n) is 8.22. The van der Waals surface area contributed by atoms with Gasteiger partial charge in [-0.15, -0.1) is 12.4 Å². The zero-order chi connectivity index (χ0) is 17.0. The van der Waals surface area contributed by atoms with Crippen molar-refractivity contribution in [1.82, 2.24) is 4.31 Å². The molecular weight excluding hydrogens is 348 g/mol. The van der Waals surface area contributed by atoms with Crippen LogP contribution >= 0.6 is 12.4 Å². The molecule has 5 nitrogen and oxygen atoms in total. The highest BCUT2D eigenvalue weighted by Crippen LogP contribution is 2.26. The van der Waals surface area contributed by atoms with Crippen LogP contribution < -0.4 is 5.73 Å². The second-order valence-corrected chi connectivity index (χ2v) is 8.52. The Kier molecular flexibility index (Phi) is 8.15. The van der Waals surface area contributed by atoms with E-state index in [1.54, 1.807) is 23.5 Å². The number of nitrogens with zero attached hydrogens (tertiary/aromatic N) is 1. The minimum Gasteiger partial charge on any atom is -0.381 e. The quantitative estimate of drug-likeness (QED) is 0.827. The van der Waals surface area contributed by atoms with Crippen LogP contribution in [0.4, 0.5) is 0 Å². The Morgan fingerprint density at radius 1 is 1.29 bits per heavy atom. The molecule has 1 saturated heterocycles. The fraction of sp³-hybridized carbons (Fsp3) is 0.647. The number of hydrogen-bond acceptors (Lipinski definition) is 4. The molecule has 1 heterocycles. The monoisotopic (exact) mass is 376 g/mol. The highest BCUT2D eigenvalue weighted by molar-refractivity contribution is 7.89. The van der Waals surface area contributed by atoms with E-state index < -0.39 is 10.0 Å². The molecule has 2 atom stereocenters. The third-order valence-electron chi connectivity index (χ3n) is 4.39. The van der Waals surface area contributed by atoms with E-state index >= 15 is 0 Å². The molecule has 1 aliphatic rings. The summed E-state index contributed by atoms with van der Waals surface area (Å²) in [5.74, 6) is 0.548. The Morgan fingerprint density at radius 2 is 1.92 bits per heavy atom. The van der Waals surface area contributed by atoms with Crippen molar-refractivity contribution in [2.24, 2.45) is 11.7 Å². The molecule has 0 radical (unpaired) electrons. The number of ether oxygens (including phenoxy) is 1. The summed E-state index contributed by atoms with van der Waals surface area (Å²) < 4.78 is 32.7. The fourth-order valence-corrected chi connectivity index (χ4v) is 4.80. The Hall–Kier alpha value is -0.660. The maximum absolute atomic E-state index is 12.9. The van der Waals surface area contributed by atoms with Crippen molar-refractivity contribution < 1.29 is 13.2 Å². The summed E-state index contributed by atoms with van der Waals surface area (Å²) in [5.41, 5.74) is 6.96.